The molecule has 0 fully saturated rings. The Balaban J connectivity index is 0.000000514. The first kappa shape index (κ1) is 36.2. The van der Waals surface area contributed by atoms with Gasteiger partial charge in [0, 0.05) is 23.2 Å². The number of benzene rings is 1. The predicted molar refractivity (Wildman–Crippen MR) is 164 cm³/mol. The zero-order valence-corrected chi connectivity index (χ0v) is 27.5. The van der Waals surface area contributed by atoms with E-state index in [4.69, 9.17) is 9.84 Å². The lowest BCUT2D eigenvalue weighted by atomic mass is 10.0. The van der Waals surface area contributed by atoms with Crippen molar-refractivity contribution in [2.24, 2.45) is 11.8 Å². The Bertz CT molecular complexity index is 1190. The van der Waals surface area contributed by atoms with Crippen LogP contribution in [-0.2, 0) is 27.4 Å². The Morgan fingerprint density at radius 2 is 1.27 bits per heavy atom. The van der Waals surface area contributed by atoms with Crippen LogP contribution in [0.1, 0.15) is 66.0 Å². The summed E-state index contributed by atoms with van der Waals surface area (Å²) in [6.07, 6.45) is -1.62. The lowest BCUT2D eigenvalue weighted by Gasteiger charge is -2.32. The number of aromatic nitrogens is 8. The van der Waals surface area contributed by atoms with E-state index >= 15 is 0 Å². The van der Waals surface area contributed by atoms with E-state index in [1.807, 2.05) is 41.5 Å². The summed E-state index contributed by atoms with van der Waals surface area (Å²) in [6.45, 7) is 13.2. The van der Waals surface area contributed by atoms with Crippen LogP contribution in [0.3, 0.4) is 0 Å². The van der Waals surface area contributed by atoms with Gasteiger partial charge in [-0.2, -0.15) is 10.4 Å². The van der Waals surface area contributed by atoms with E-state index in [-0.39, 0.29) is 36.7 Å². The predicted octanol–water partition coefficient (Wildman–Crippen LogP) is 3.50. The zero-order chi connectivity index (χ0) is 32.6. The molecular weight excluding hydrogens is 638 g/mol. The van der Waals surface area contributed by atoms with Gasteiger partial charge in [-0.3, -0.25) is 14.9 Å². The van der Waals surface area contributed by atoms with Crippen molar-refractivity contribution in [3.63, 3.8) is 0 Å². The van der Waals surface area contributed by atoms with Gasteiger partial charge >= 0.3 is 6.09 Å². The van der Waals surface area contributed by atoms with Gasteiger partial charge in [-0.25, -0.2) is 4.79 Å². The number of carboxylic acid groups (broad SMARTS) is 1. The number of nitrogens with zero attached hydrogens (tertiary/aromatic N) is 8. The minimum absolute atomic E-state index is 0.194. The molecule has 0 aliphatic carbocycles. The Morgan fingerprint density at radius 1 is 0.841 bits per heavy atom. The van der Waals surface area contributed by atoms with E-state index in [9.17, 15) is 14.4 Å². The van der Waals surface area contributed by atoms with E-state index < -0.39 is 18.3 Å². The van der Waals surface area contributed by atoms with Crippen LogP contribution in [0.25, 0.3) is 0 Å². The van der Waals surface area contributed by atoms with E-state index in [1.165, 1.54) is 0 Å². The number of ether oxygens (including phenoxy) is 1. The number of anilines is 1. The van der Waals surface area contributed by atoms with Crippen molar-refractivity contribution in [1.82, 2.24) is 51.0 Å². The molecule has 0 saturated heterocycles. The van der Waals surface area contributed by atoms with E-state index in [0.717, 1.165) is 4.47 Å². The molecule has 4 N–H and O–H groups in total. The lowest BCUT2D eigenvalue weighted by molar-refractivity contribution is -0.161. The van der Waals surface area contributed by atoms with Gasteiger partial charge in [0.1, 0.15) is 12.2 Å². The highest BCUT2D eigenvalue weighted by Crippen LogP contribution is 2.20. The molecule has 2 heterocycles. The number of likely N-dealkylation sites (N-methyl/N-ethyl adjacent to an activating group) is 2. The number of tetrazole rings is 2. The maximum Gasteiger partial charge on any atom is 0.409 e. The molecule has 3 aromatic rings. The molecule has 0 spiro atoms. The van der Waals surface area contributed by atoms with Crippen LogP contribution in [0.5, 0.6) is 0 Å². The monoisotopic (exact) mass is 679 g/mol. The zero-order valence-electron chi connectivity index (χ0n) is 25.9. The van der Waals surface area contributed by atoms with Gasteiger partial charge in [0.2, 0.25) is 0 Å². The molecule has 0 bridgehead atoms. The summed E-state index contributed by atoms with van der Waals surface area (Å²) in [7, 11) is 0. The van der Waals surface area contributed by atoms with Gasteiger partial charge in [-0.15, -0.1) is 20.4 Å². The maximum absolute atomic E-state index is 13.4. The van der Waals surface area contributed by atoms with Crippen LogP contribution >= 0.6 is 15.9 Å². The first-order valence-electron chi connectivity index (χ1n) is 14.4. The van der Waals surface area contributed by atoms with Gasteiger partial charge in [0.15, 0.2) is 11.6 Å². The van der Waals surface area contributed by atoms with Gasteiger partial charge in [-0.1, -0.05) is 54.1 Å². The van der Waals surface area contributed by atoms with Crippen LogP contribution in [0.15, 0.2) is 28.7 Å². The molecule has 2 aromatic heterocycles. The van der Waals surface area contributed by atoms with Crippen molar-refractivity contribution in [3.8, 4) is 0 Å². The standard InChI is InChI=1S/C20H36N10O3.C7H6BrNO2/c1-7-29(11-17-21-25-26-22-17)19(31)15(9-13(3)4)33-16(10-14(5)6)20(32)30(8-2)12-18-23-27-28-24-18;8-5-1-3-6(4-2-5)9-7(10)11/h13-16H,7-12H2,1-6H3,(H,21,22,25,26)(H,23,24,27,28);1-4,9H,(H,10,11)/t15-,16-;/m0./s1. The van der Waals surface area contributed by atoms with E-state index in [0.29, 0.717) is 43.3 Å². The molecule has 0 radical (unpaired) electrons. The molecule has 3 amide bonds. The number of amides is 3. The normalized spacial score (nSPS) is 12.3. The van der Waals surface area contributed by atoms with Crippen molar-refractivity contribution >= 4 is 39.5 Å². The second-order valence-corrected chi connectivity index (χ2v) is 11.6. The topological polar surface area (TPSA) is 208 Å². The molecular formula is C27H42BrN11O5. The third-order valence-corrected chi connectivity index (χ3v) is 6.70. The highest BCUT2D eigenvalue weighted by Gasteiger charge is 2.34. The Kier molecular flexibility index (Phi) is 15.3. The molecule has 1 aromatic carbocycles. The number of carbonyl (C=O) groups is 3. The summed E-state index contributed by atoms with van der Waals surface area (Å²) in [5.41, 5.74) is 0.570. The number of nitrogens with one attached hydrogen (secondary N) is 3. The third kappa shape index (κ3) is 12.7. The van der Waals surface area contributed by atoms with Crippen LogP contribution in [0.2, 0.25) is 0 Å². The molecule has 0 saturated carbocycles. The number of rotatable bonds is 15. The van der Waals surface area contributed by atoms with Gasteiger partial charge < -0.3 is 19.6 Å². The SMILES string of the molecule is CCN(Cc1nn[nH]n1)C(=O)[C@H](CC(C)C)O[C@@H](CC(C)C)C(=O)N(CC)Cc1nn[nH]n1.O=C(O)Nc1ccc(Br)cc1. The number of hydrogen-bond donors (Lipinski definition) is 4. The summed E-state index contributed by atoms with van der Waals surface area (Å²) in [6, 6.07) is 6.90. The van der Waals surface area contributed by atoms with Crippen molar-refractivity contribution in [2.45, 2.75) is 79.7 Å². The summed E-state index contributed by atoms with van der Waals surface area (Å²) in [5.74, 6) is 0.831. The first-order valence-corrected chi connectivity index (χ1v) is 15.2. The second-order valence-electron chi connectivity index (χ2n) is 10.7. The van der Waals surface area contributed by atoms with Crippen molar-refractivity contribution in [2.75, 3.05) is 18.4 Å². The minimum Gasteiger partial charge on any atom is -0.465 e. The van der Waals surface area contributed by atoms with Crippen LogP contribution < -0.4 is 5.32 Å². The fraction of sp³-hybridized carbons (Fsp3) is 0.593. The molecule has 0 aliphatic rings. The Labute approximate surface area is 264 Å². The van der Waals surface area contributed by atoms with E-state index in [1.54, 1.807) is 34.1 Å². The summed E-state index contributed by atoms with van der Waals surface area (Å²) >= 11 is 3.24. The lowest BCUT2D eigenvalue weighted by Crippen LogP contribution is -2.47. The molecule has 44 heavy (non-hydrogen) atoms. The van der Waals surface area contributed by atoms with Crippen LogP contribution in [0.4, 0.5) is 10.5 Å². The number of hydrogen-bond acceptors (Lipinski definition) is 10. The Morgan fingerprint density at radius 3 is 1.59 bits per heavy atom. The van der Waals surface area contributed by atoms with Crippen LogP contribution in [-0.4, -0.2) is 99.4 Å². The quantitative estimate of drug-likeness (QED) is 0.183. The molecule has 3 rings (SSSR count). The molecule has 242 valence electrons. The van der Waals surface area contributed by atoms with Crippen molar-refractivity contribution in [1.29, 1.82) is 0 Å². The highest BCUT2D eigenvalue weighted by molar-refractivity contribution is 9.10. The summed E-state index contributed by atoms with van der Waals surface area (Å²) in [4.78, 5) is 40.2. The average Bonchev–Trinajstić information content (AvgIpc) is 3.68. The third-order valence-electron chi connectivity index (χ3n) is 6.18. The van der Waals surface area contributed by atoms with Crippen LogP contribution in [0, 0.1) is 11.8 Å². The minimum atomic E-state index is -1.05. The average molecular weight is 681 g/mol. The van der Waals surface area contributed by atoms with E-state index in [2.05, 4.69) is 62.5 Å². The highest BCUT2D eigenvalue weighted by atomic mass is 79.9. The summed E-state index contributed by atoms with van der Waals surface area (Å²) in [5, 5.41) is 38.2. The fourth-order valence-electron chi connectivity index (χ4n) is 4.08. The van der Waals surface area contributed by atoms with Crippen molar-refractivity contribution < 1.29 is 24.2 Å². The van der Waals surface area contributed by atoms with Gasteiger partial charge in [-0.05, 0) is 62.8 Å². The molecule has 17 heteroatoms. The van der Waals surface area contributed by atoms with Gasteiger partial charge in [0.25, 0.3) is 11.8 Å². The molecule has 0 aliphatic heterocycles. The molecule has 2 atom stereocenters. The number of halogens is 1. The maximum atomic E-state index is 13.4. The fourth-order valence-corrected chi connectivity index (χ4v) is 4.34. The first-order chi connectivity index (χ1) is 20.9. The number of aromatic amines is 2. The molecule has 16 nitrogen and oxygen atoms in total. The van der Waals surface area contributed by atoms with Gasteiger partial charge in [0.05, 0.1) is 13.1 Å². The van der Waals surface area contributed by atoms with Crippen molar-refractivity contribution in [3.05, 3.63) is 40.4 Å². The summed E-state index contributed by atoms with van der Waals surface area (Å²) < 4.78 is 7.21. The molecule has 0 unspecified atom stereocenters. The number of carbonyl (C=O) groups excluding carboxylic acids is 2. The second kappa shape index (κ2) is 18.6. The Hall–Kier alpha value is -3.99. The smallest absolute Gasteiger partial charge is 0.409 e. The number of H-pyrrole nitrogens is 2. The largest absolute Gasteiger partial charge is 0.465 e.